The van der Waals surface area contributed by atoms with E-state index in [0.717, 1.165) is 30.2 Å². The molecule has 2 heterocycles. The molecule has 0 N–H and O–H groups in total. The Labute approximate surface area is 165 Å². The topological polar surface area (TPSA) is 59.5 Å². The van der Waals surface area contributed by atoms with Crippen LogP contribution in [0.5, 0.6) is 5.88 Å². The SMILES string of the molecule is O=S(=O)(c1ccc2c(c1)CCCC2)N1CC(Oc2ccc3ccccc3n2)C1. The van der Waals surface area contributed by atoms with Crippen molar-refractivity contribution in [2.75, 3.05) is 13.1 Å². The Hall–Kier alpha value is -2.44. The van der Waals surface area contributed by atoms with Gasteiger partial charge in [-0.2, -0.15) is 4.31 Å². The third-order valence-corrected chi connectivity index (χ3v) is 7.46. The summed E-state index contributed by atoms with van der Waals surface area (Å²) in [6.45, 7) is 0.710. The van der Waals surface area contributed by atoms with Gasteiger partial charge in [0.25, 0.3) is 0 Å². The van der Waals surface area contributed by atoms with Gasteiger partial charge in [-0.05, 0) is 61.1 Å². The van der Waals surface area contributed by atoms with Crippen LogP contribution in [-0.2, 0) is 22.9 Å². The van der Waals surface area contributed by atoms with E-state index in [1.54, 1.807) is 6.07 Å². The summed E-state index contributed by atoms with van der Waals surface area (Å²) in [6.07, 6.45) is 4.18. The quantitative estimate of drug-likeness (QED) is 0.679. The minimum atomic E-state index is -3.46. The van der Waals surface area contributed by atoms with Crippen molar-refractivity contribution in [3.05, 3.63) is 65.7 Å². The molecule has 3 aromatic rings. The molecular weight excluding hydrogens is 372 g/mol. The summed E-state index contributed by atoms with van der Waals surface area (Å²) in [7, 11) is -3.46. The Morgan fingerprint density at radius 1 is 0.929 bits per heavy atom. The largest absolute Gasteiger partial charge is 0.472 e. The highest BCUT2D eigenvalue weighted by Crippen LogP contribution is 2.29. The second-order valence-electron chi connectivity index (χ2n) is 7.54. The summed E-state index contributed by atoms with van der Waals surface area (Å²) in [6, 6.07) is 17.3. The number of aromatic nitrogens is 1. The second kappa shape index (κ2) is 6.87. The first-order valence-electron chi connectivity index (χ1n) is 9.74. The van der Waals surface area contributed by atoms with Crippen LogP contribution in [0.25, 0.3) is 10.9 Å². The lowest BCUT2D eigenvalue weighted by Crippen LogP contribution is -2.56. The molecule has 5 rings (SSSR count). The van der Waals surface area contributed by atoms with E-state index < -0.39 is 10.0 Å². The van der Waals surface area contributed by atoms with E-state index in [0.29, 0.717) is 23.9 Å². The van der Waals surface area contributed by atoms with Gasteiger partial charge in [-0.1, -0.05) is 24.3 Å². The van der Waals surface area contributed by atoms with Crippen molar-refractivity contribution in [3.8, 4) is 5.88 Å². The standard InChI is InChI=1S/C22H22N2O3S/c25-28(26,20-11-9-16-5-1-2-7-18(16)13-20)24-14-19(15-24)27-22-12-10-17-6-3-4-8-21(17)23-22/h3-4,6,8-13,19H,1-2,5,7,14-15H2. The van der Waals surface area contributed by atoms with Crippen LogP contribution in [0.2, 0.25) is 0 Å². The van der Waals surface area contributed by atoms with Gasteiger partial charge in [0.05, 0.1) is 23.5 Å². The van der Waals surface area contributed by atoms with Gasteiger partial charge in [0.1, 0.15) is 6.10 Å². The molecular formula is C22H22N2O3S. The highest BCUT2D eigenvalue weighted by molar-refractivity contribution is 7.89. The molecule has 28 heavy (non-hydrogen) atoms. The number of nitrogens with zero attached hydrogens (tertiary/aromatic N) is 2. The van der Waals surface area contributed by atoms with E-state index in [2.05, 4.69) is 4.98 Å². The minimum absolute atomic E-state index is 0.166. The van der Waals surface area contributed by atoms with Crippen molar-refractivity contribution in [3.63, 3.8) is 0 Å². The number of pyridine rings is 1. The first kappa shape index (κ1) is 17.6. The number of sulfonamides is 1. The molecule has 2 aliphatic rings. The fourth-order valence-electron chi connectivity index (χ4n) is 3.97. The first-order valence-corrected chi connectivity index (χ1v) is 11.2. The number of hydrogen-bond donors (Lipinski definition) is 0. The zero-order valence-corrected chi connectivity index (χ0v) is 16.4. The number of para-hydroxylation sites is 1. The normalized spacial score (nSPS) is 17.9. The van der Waals surface area contributed by atoms with Crippen LogP contribution < -0.4 is 4.74 Å². The second-order valence-corrected chi connectivity index (χ2v) is 9.48. The summed E-state index contributed by atoms with van der Waals surface area (Å²) in [5, 5.41) is 1.06. The maximum Gasteiger partial charge on any atom is 0.243 e. The molecule has 2 aromatic carbocycles. The molecule has 1 fully saturated rings. The van der Waals surface area contributed by atoms with E-state index in [9.17, 15) is 8.42 Å². The zero-order valence-electron chi connectivity index (χ0n) is 15.5. The Morgan fingerprint density at radius 3 is 2.57 bits per heavy atom. The molecule has 1 aromatic heterocycles. The van der Waals surface area contributed by atoms with Crippen molar-refractivity contribution in [1.29, 1.82) is 0 Å². The van der Waals surface area contributed by atoms with Crippen molar-refractivity contribution in [2.24, 2.45) is 0 Å². The van der Waals surface area contributed by atoms with Crippen molar-refractivity contribution >= 4 is 20.9 Å². The predicted octanol–water partition coefficient (Wildman–Crippen LogP) is 3.57. The highest BCUT2D eigenvalue weighted by Gasteiger charge is 2.38. The Morgan fingerprint density at radius 2 is 1.71 bits per heavy atom. The molecule has 144 valence electrons. The van der Waals surface area contributed by atoms with Crippen LogP contribution in [0.4, 0.5) is 0 Å². The van der Waals surface area contributed by atoms with Crippen molar-refractivity contribution in [1.82, 2.24) is 9.29 Å². The van der Waals surface area contributed by atoms with Crippen LogP contribution in [0.1, 0.15) is 24.0 Å². The molecule has 1 aliphatic carbocycles. The first-order chi connectivity index (χ1) is 13.6. The molecule has 6 heteroatoms. The van der Waals surface area contributed by atoms with Crippen molar-refractivity contribution < 1.29 is 13.2 Å². The number of ether oxygens (including phenoxy) is 1. The maximum atomic E-state index is 12.9. The number of rotatable bonds is 4. The van der Waals surface area contributed by atoms with Gasteiger partial charge in [0, 0.05) is 11.5 Å². The smallest absolute Gasteiger partial charge is 0.243 e. The highest BCUT2D eigenvalue weighted by atomic mass is 32.2. The molecule has 0 unspecified atom stereocenters. The van der Waals surface area contributed by atoms with Gasteiger partial charge >= 0.3 is 0 Å². The van der Waals surface area contributed by atoms with Crippen molar-refractivity contribution in [2.45, 2.75) is 36.7 Å². The molecule has 0 spiro atoms. The molecule has 0 bridgehead atoms. The summed E-state index contributed by atoms with van der Waals surface area (Å²) in [5.41, 5.74) is 3.34. The van der Waals surface area contributed by atoms with Gasteiger partial charge in [0.15, 0.2) is 0 Å². The van der Waals surface area contributed by atoms with Crippen LogP contribution >= 0.6 is 0 Å². The Bertz CT molecular complexity index is 1140. The molecule has 1 aliphatic heterocycles. The molecule has 0 saturated carbocycles. The third-order valence-electron chi connectivity index (χ3n) is 5.63. The summed E-state index contributed by atoms with van der Waals surface area (Å²) in [4.78, 5) is 4.90. The fraction of sp³-hybridized carbons (Fsp3) is 0.318. The average molecular weight is 394 g/mol. The van der Waals surface area contributed by atoms with Gasteiger partial charge < -0.3 is 4.74 Å². The molecule has 5 nitrogen and oxygen atoms in total. The van der Waals surface area contributed by atoms with E-state index in [-0.39, 0.29) is 6.10 Å². The van der Waals surface area contributed by atoms with Gasteiger partial charge in [0.2, 0.25) is 15.9 Å². The summed E-state index contributed by atoms with van der Waals surface area (Å²) < 4.78 is 33.2. The van der Waals surface area contributed by atoms with E-state index in [1.165, 1.54) is 21.9 Å². The lowest BCUT2D eigenvalue weighted by molar-refractivity contribution is 0.0724. The van der Waals surface area contributed by atoms with Gasteiger partial charge in [-0.25, -0.2) is 13.4 Å². The van der Waals surface area contributed by atoms with Crippen LogP contribution in [0.3, 0.4) is 0 Å². The Kier molecular flexibility index (Phi) is 4.33. The van der Waals surface area contributed by atoms with E-state index in [4.69, 9.17) is 4.74 Å². The molecule has 0 atom stereocenters. The van der Waals surface area contributed by atoms with Gasteiger partial charge in [-0.3, -0.25) is 0 Å². The predicted molar refractivity (Wildman–Crippen MR) is 108 cm³/mol. The lowest BCUT2D eigenvalue weighted by Gasteiger charge is -2.37. The summed E-state index contributed by atoms with van der Waals surface area (Å²) >= 11 is 0. The van der Waals surface area contributed by atoms with Gasteiger partial charge in [-0.15, -0.1) is 0 Å². The number of fused-ring (bicyclic) bond motifs is 2. The van der Waals surface area contributed by atoms with E-state index >= 15 is 0 Å². The minimum Gasteiger partial charge on any atom is -0.472 e. The maximum absolute atomic E-state index is 12.9. The molecule has 0 radical (unpaired) electrons. The molecule has 1 saturated heterocycles. The van der Waals surface area contributed by atoms with Crippen LogP contribution in [-0.4, -0.2) is 36.9 Å². The Balaban J connectivity index is 1.27. The zero-order chi connectivity index (χ0) is 19.1. The van der Waals surface area contributed by atoms with Crippen LogP contribution in [0, 0.1) is 0 Å². The van der Waals surface area contributed by atoms with E-state index in [1.807, 2.05) is 48.5 Å². The lowest BCUT2D eigenvalue weighted by atomic mass is 9.92. The van der Waals surface area contributed by atoms with Crippen LogP contribution in [0.15, 0.2) is 59.5 Å². The average Bonchev–Trinajstić information content (AvgIpc) is 2.69. The number of aryl methyl sites for hydroxylation is 2. The number of hydrogen-bond acceptors (Lipinski definition) is 4. The number of benzene rings is 2. The third kappa shape index (κ3) is 3.16. The molecule has 0 amide bonds. The summed E-state index contributed by atoms with van der Waals surface area (Å²) in [5.74, 6) is 0.537. The monoisotopic (exact) mass is 394 g/mol. The fourth-order valence-corrected chi connectivity index (χ4v) is 5.53.